The fourth-order valence-corrected chi connectivity index (χ4v) is 2.56. The smallest absolute Gasteiger partial charge is 0.250 e. The van der Waals surface area contributed by atoms with Crippen molar-refractivity contribution in [1.82, 2.24) is 4.98 Å². The Morgan fingerprint density at radius 2 is 2.13 bits per heavy atom. The molecule has 2 aromatic rings. The number of hydrogen-bond acceptors (Lipinski definition) is 5. The van der Waals surface area contributed by atoms with E-state index in [2.05, 4.69) is 4.98 Å². The number of rotatable bonds is 6. The molecule has 2 rings (SSSR count). The van der Waals surface area contributed by atoms with E-state index in [1.807, 2.05) is 22.6 Å². The summed E-state index contributed by atoms with van der Waals surface area (Å²) in [4.78, 5) is 16.9. The lowest BCUT2D eigenvalue weighted by molar-refractivity contribution is 0.0993. The van der Waals surface area contributed by atoms with Gasteiger partial charge in [-0.3, -0.25) is 9.78 Å². The van der Waals surface area contributed by atoms with Gasteiger partial charge in [0.15, 0.2) is 0 Å². The fraction of sp³-hybridized carbons (Fsp3) is 0.200. The fourth-order valence-electron chi connectivity index (χ4n) is 2.10. The van der Waals surface area contributed by atoms with Crippen molar-refractivity contribution in [2.24, 2.45) is 5.73 Å². The first-order chi connectivity index (χ1) is 10.9. The molecule has 1 aromatic carbocycles. The van der Waals surface area contributed by atoms with Crippen molar-refractivity contribution in [3.63, 3.8) is 0 Å². The van der Waals surface area contributed by atoms with Gasteiger partial charge in [-0.1, -0.05) is 0 Å². The molecule has 6 nitrogen and oxygen atoms in total. The summed E-state index contributed by atoms with van der Waals surface area (Å²) < 4.78 is 15.0. The van der Waals surface area contributed by atoms with Gasteiger partial charge in [-0.25, -0.2) is 4.39 Å². The van der Waals surface area contributed by atoms with Crippen LogP contribution < -0.4 is 10.6 Å². The van der Waals surface area contributed by atoms with Gasteiger partial charge in [0.2, 0.25) is 0 Å². The average Bonchev–Trinajstić information content (AvgIpc) is 2.53. The van der Waals surface area contributed by atoms with Crippen LogP contribution in [0.1, 0.15) is 10.4 Å². The van der Waals surface area contributed by atoms with Gasteiger partial charge >= 0.3 is 0 Å². The summed E-state index contributed by atoms with van der Waals surface area (Å²) in [7, 11) is 0. The second-order valence-corrected chi connectivity index (χ2v) is 6.05. The minimum atomic E-state index is -1.13. The second kappa shape index (κ2) is 7.66. The highest BCUT2D eigenvalue weighted by atomic mass is 127. The highest BCUT2D eigenvalue weighted by Crippen LogP contribution is 2.31. The summed E-state index contributed by atoms with van der Waals surface area (Å²) >= 11 is 1.98. The van der Waals surface area contributed by atoms with E-state index in [1.165, 1.54) is 35.5 Å². The number of halogens is 2. The van der Waals surface area contributed by atoms with Crippen LogP contribution in [0.2, 0.25) is 0 Å². The molecule has 8 heteroatoms. The summed E-state index contributed by atoms with van der Waals surface area (Å²) in [5.74, 6) is -1.22. The molecule has 0 aliphatic rings. The zero-order valence-corrected chi connectivity index (χ0v) is 14.1. The topological polar surface area (TPSA) is 99.7 Å². The number of pyridine rings is 1. The number of carbonyl (C=O) groups is 1. The van der Waals surface area contributed by atoms with E-state index in [4.69, 9.17) is 10.8 Å². The van der Waals surface area contributed by atoms with E-state index in [0.29, 0.717) is 3.57 Å². The summed E-state index contributed by atoms with van der Waals surface area (Å²) in [6.07, 6.45) is 1.63. The van der Waals surface area contributed by atoms with Crippen molar-refractivity contribution in [1.29, 1.82) is 0 Å². The molecule has 0 unspecified atom stereocenters. The molecule has 0 aliphatic heterocycles. The third kappa shape index (κ3) is 4.15. The third-order valence-corrected chi connectivity index (χ3v) is 3.83. The first-order valence-electron chi connectivity index (χ1n) is 6.69. The van der Waals surface area contributed by atoms with Gasteiger partial charge in [0.05, 0.1) is 42.4 Å². The van der Waals surface area contributed by atoms with Gasteiger partial charge in [0.25, 0.3) is 5.91 Å². The molecule has 1 amide bonds. The lowest BCUT2D eigenvalue weighted by atomic mass is 10.1. The normalized spacial score (nSPS) is 12.0. The van der Waals surface area contributed by atoms with E-state index in [-0.39, 0.29) is 23.5 Å². The molecule has 0 aliphatic carbocycles. The maximum Gasteiger partial charge on any atom is 0.250 e. The number of aromatic nitrogens is 1. The molecule has 0 radical (unpaired) electrons. The summed E-state index contributed by atoms with van der Waals surface area (Å²) in [5.41, 5.74) is 5.90. The first kappa shape index (κ1) is 17.6. The molecule has 0 saturated carbocycles. The first-order valence-corrected chi connectivity index (χ1v) is 7.77. The molecule has 0 spiro atoms. The molecule has 0 bridgehead atoms. The largest absolute Gasteiger partial charge is 0.394 e. The average molecular weight is 431 g/mol. The molecule has 0 fully saturated rings. The minimum absolute atomic E-state index is 0.125. The van der Waals surface area contributed by atoms with E-state index in [9.17, 15) is 14.3 Å². The minimum Gasteiger partial charge on any atom is -0.394 e. The number of carbonyl (C=O) groups excluding carboxylic acids is 1. The van der Waals surface area contributed by atoms with Gasteiger partial charge in [-0.15, -0.1) is 0 Å². The van der Waals surface area contributed by atoms with Crippen molar-refractivity contribution in [2.75, 3.05) is 18.1 Å². The number of benzene rings is 1. The number of aliphatic hydroxyl groups excluding tert-OH is 2. The Morgan fingerprint density at radius 3 is 2.74 bits per heavy atom. The second-order valence-electron chi connectivity index (χ2n) is 4.80. The maximum atomic E-state index is 14.3. The Bertz CT molecular complexity index is 714. The lowest BCUT2D eigenvalue weighted by Crippen LogP contribution is -2.33. The zero-order valence-electron chi connectivity index (χ0n) is 12.0. The van der Waals surface area contributed by atoms with Gasteiger partial charge < -0.3 is 20.8 Å². The Hall–Kier alpha value is -1.78. The molecule has 1 atom stereocenters. The van der Waals surface area contributed by atoms with E-state index >= 15 is 0 Å². The summed E-state index contributed by atoms with van der Waals surface area (Å²) in [6, 6.07) is 5.96. The van der Waals surface area contributed by atoms with E-state index < -0.39 is 24.4 Å². The molecule has 122 valence electrons. The SMILES string of the molecule is NC(=O)c1ccncc1N(C[C@H](O)CO)c1ccc(I)cc1F. The lowest BCUT2D eigenvalue weighted by Gasteiger charge is -2.28. The quantitative estimate of drug-likeness (QED) is 0.601. The standard InChI is InChI=1S/C15H15FIN3O3/c16-12-5-9(17)1-2-13(12)20(7-10(22)8-21)14-6-19-4-3-11(14)15(18)23/h1-6,10,21-22H,7-8H2,(H2,18,23)/t10-/m0/s1. The maximum absolute atomic E-state index is 14.3. The third-order valence-electron chi connectivity index (χ3n) is 3.16. The Labute approximate surface area is 145 Å². The Balaban J connectivity index is 2.57. The number of hydrogen-bond donors (Lipinski definition) is 3. The molecule has 1 aromatic heterocycles. The van der Waals surface area contributed by atoms with Crippen molar-refractivity contribution in [2.45, 2.75) is 6.10 Å². The van der Waals surface area contributed by atoms with Crippen LogP contribution >= 0.6 is 22.6 Å². The number of aliphatic hydroxyl groups is 2. The molecule has 4 N–H and O–H groups in total. The van der Waals surface area contributed by atoms with Gasteiger partial charge in [-0.2, -0.15) is 0 Å². The molecular formula is C15H15FIN3O3. The molecule has 0 saturated heterocycles. The predicted molar refractivity (Wildman–Crippen MR) is 92.0 cm³/mol. The number of amides is 1. The van der Waals surface area contributed by atoms with E-state index in [1.54, 1.807) is 6.07 Å². The van der Waals surface area contributed by atoms with Crippen LogP contribution in [0.25, 0.3) is 0 Å². The molecular weight excluding hydrogens is 416 g/mol. The van der Waals surface area contributed by atoms with Gasteiger partial charge in [0, 0.05) is 9.77 Å². The highest BCUT2D eigenvalue weighted by molar-refractivity contribution is 14.1. The van der Waals surface area contributed by atoms with Crippen LogP contribution in [0.3, 0.4) is 0 Å². The number of anilines is 2. The van der Waals surface area contributed by atoms with E-state index in [0.717, 1.165) is 0 Å². The number of primary amides is 1. The van der Waals surface area contributed by atoms with Crippen LogP contribution in [0.15, 0.2) is 36.7 Å². The predicted octanol–water partition coefficient (Wildman–Crippen LogP) is 1.42. The van der Waals surface area contributed by atoms with Gasteiger partial charge in [-0.05, 0) is 46.9 Å². The molecule has 1 heterocycles. The van der Waals surface area contributed by atoms with Gasteiger partial charge in [0.1, 0.15) is 5.82 Å². The van der Waals surface area contributed by atoms with Crippen molar-refractivity contribution in [3.8, 4) is 0 Å². The number of nitrogens with zero attached hydrogens (tertiary/aromatic N) is 2. The summed E-state index contributed by atoms with van der Waals surface area (Å²) in [6.45, 7) is -0.630. The monoisotopic (exact) mass is 431 g/mol. The Kier molecular flexibility index (Phi) is 5.85. The van der Waals surface area contributed by atoms with Crippen LogP contribution in [0.5, 0.6) is 0 Å². The van der Waals surface area contributed by atoms with Crippen LogP contribution in [-0.4, -0.2) is 40.4 Å². The zero-order chi connectivity index (χ0) is 17.0. The number of nitrogens with two attached hydrogens (primary N) is 1. The van der Waals surface area contributed by atoms with Crippen molar-refractivity contribution < 1.29 is 19.4 Å². The Morgan fingerprint density at radius 1 is 1.39 bits per heavy atom. The van der Waals surface area contributed by atoms with Crippen LogP contribution in [0, 0.1) is 9.39 Å². The van der Waals surface area contributed by atoms with Crippen LogP contribution in [-0.2, 0) is 0 Å². The van der Waals surface area contributed by atoms with Crippen molar-refractivity contribution in [3.05, 3.63) is 51.6 Å². The molecule has 23 heavy (non-hydrogen) atoms. The van der Waals surface area contributed by atoms with Crippen LogP contribution in [0.4, 0.5) is 15.8 Å². The highest BCUT2D eigenvalue weighted by Gasteiger charge is 2.22. The van der Waals surface area contributed by atoms with Crippen molar-refractivity contribution >= 4 is 39.9 Å². The summed E-state index contributed by atoms with van der Waals surface area (Å²) in [5, 5.41) is 18.9.